The van der Waals surface area contributed by atoms with E-state index in [9.17, 15) is 4.79 Å². The highest BCUT2D eigenvalue weighted by Crippen LogP contribution is 2.23. The molecule has 1 aromatic carbocycles. The highest BCUT2D eigenvalue weighted by atomic mass is 35.5. The van der Waals surface area contributed by atoms with Crippen molar-refractivity contribution < 1.29 is 4.79 Å². The van der Waals surface area contributed by atoms with Crippen LogP contribution in [0.25, 0.3) is 10.8 Å². The number of carbonyl (C=O) groups excluding carboxylic acids is 1. The number of carbonyl (C=O) groups is 1. The number of rotatable bonds is 4. The molecular formula is C15H13ClN2O. The van der Waals surface area contributed by atoms with Gasteiger partial charge in [0.1, 0.15) is 5.15 Å². The Morgan fingerprint density at radius 2 is 2.11 bits per heavy atom. The third kappa shape index (κ3) is 3.04. The number of nitrogens with zero attached hydrogens (tertiary/aromatic N) is 1. The maximum Gasteiger partial charge on any atom is 0.253 e. The number of nitrogens with one attached hydrogen (secondary N) is 1. The first-order valence-electron chi connectivity index (χ1n) is 5.99. The van der Waals surface area contributed by atoms with Crippen LogP contribution in [0, 0.1) is 12.3 Å². The van der Waals surface area contributed by atoms with Gasteiger partial charge in [-0.2, -0.15) is 0 Å². The second-order valence-corrected chi connectivity index (χ2v) is 4.43. The first-order chi connectivity index (χ1) is 9.24. The second kappa shape index (κ2) is 6.21. The molecule has 1 heterocycles. The molecule has 0 atom stereocenters. The largest absolute Gasteiger partial charge is 0.352 e. The van der Waals surface area contributed by atoms with Crippen molar-refractivity contribution in [1.29, 1.82) is 0 Å². The third-order valence-electron chi connectivity index (χ3n) is 2.77. The van der Waals surface area contributed by atoms with Crippen LogP contribution in [-0.2, 0) is 0 Å². The molecule has 0 fully saturated rings. The van der Waals surface area contributed by atoms with Gasteiger partial charge in [0.25, 0.3) is 5.91 Å². The van der Waals surface area contributed by atoms with E-state index < -0.39 is 0 Å². The molecule has 0 radical (unpaired) electrons. The van der Waals surface area contributed by atoms with E-state index in [2.05, 4.69) is 16.2 Å². The van der Waals surface area contributed by atoms with Crippen LogP contribution in [0.2, 0.25) is 5.15 Å². The van der Waals surface area contributed by atoms with E-state index >= 15 is 0 Å². The predicted molar refractivity (Wildman–Crippen MR) is 77.2 cm³/mol. The molecule has 1 aromatic heterocycles. The zero-order chi connectivity index (χ0) is 13.7. The highest BCUT2D eigenvalue weighted by Gasteiger charge is 2.11. The molecule has 0 unspecified atom stereocenters. The molecule has 0 bridgehead atoms. The number of halogens is 1. The smallest absolute Gasteiger partial charge is 0.253 e. The van der Waals surface area contributed by atoms with Crippen molar-refractivity contribution in [3.05, 3.63) is 41.2 Å². The van der Waals surface area contributed by atoms with Crippen molar-refractivity contribution in [3.8, 4) is 12.3 Å². The van der Waals surface area contributed by atoms with Gasteiger partial charge in [0.2, 0.25) is 0 Å². The van der Waals surface area contributed by atoms with E-state index in [-0.39, 0.29) is 5.91 Å². The fourth-order valence-electron chi connectivity index (χ4n) is 1.83. The van der Waals surface area contributed by atoms with Gasteiger partial charge in [0.15, 0.2) is 0 Å². The Labute approximate surface area is 117 Å². The van der Waals surface area contributed by atoms with E-state index in [0.29, 0.717) is 23.7 Å². The standard InChI is InChI=1S/C15H13ClN2O/c1-2-3-6-9-17-15(19)13-10-18-14(16)12-8-5-4-7-11(12)13/h1,4-5,7-8,10H,3,6,9H2,(H,17,19). The number of pyridine rings is 1. The third-order valence-corrected chi connectivity index (χ3v) is 3.08. The Hall–Kier alpha value is -2.05. The Morgan fingerprint density at radius 1 is 1.37 bits per heavy atom. The minimum absolute atomic E-state index is 0.155. The first-order valence-corrected chi connectivity index (χ1v) is 6.36. The molecular weight excluding hydrogens is 260 g/mol. The van der Waals surface area contributed by atoms with Crippen molar-refractivity contribution in [2.75, 3.05) is 6.54 Å². The quantitative estimate of drug-likeness (QED) is 0.528. The molecule has 1 amide bonds. The monoisotopic (exact) mass is 272 g/mol. The molecule has 19 heavy (non-hydrogen) atoms. The Bertz CT molecular complexity index is 646. The molecule has 0 saturated carbocycles. The SMILES string of the molecule is C#CCCCNC(=O)c1cnc(Cl)c2ccccc12. The average molecular weight is 273 g/mol. The molecule has 0 aliphatic heterocycles. The van der Waals surface area contributed by atoms with E-state index in [1.807, 2.05) is 24.3 Å². The van der Waals surface area contributed by atoms with Crippen molar-refractivity contribution in [1.82, 2.24) is 10.3 Å². The minimum Gasteiger partial charge on any atom is -0.352 e. The summed E-state index contributed by atoms with van der Waals surface area (Å²) in [7, 11) is 0. The number of fused-ring (bicyclic) bond motifs is 1. The number of hydrogen-bond donors (Lipinski definition) is 1. The summed E-state index contributed by atoms with van der Waals surface area (Å²) in [5.41, 5.74) is 0.528. The summed E-state index contributed by atoms with van der Waals surface area (Å²) in [6.07, 6.45) is 8.08. The van der Waals surface area contributed by atoms with Gasteiger partial charge in [-0.05, 0) is 11.8 Å². The van der Waals surface area contributed by atoms with Crippen LogP contribution >= 0.6 is 11.6 Å². The van der Waals surface area contributed by atoms with Crippen LogP contribution in [0.3, 0.4) is 0 Å². The zero-order valence-electron chi connectivity index (χ0n) is 10.3. The van der Waals surface area contributed by atoms with Crippen molar-refractivity contribution >= 4 is 28.3 Å². The Morgan fingerprint density at radius 3 is 2.84 bits per heavy atom. The van der Waals surface area contributed by atoms with Gasteiger partial charge < -0.3 is 5.32 Å². The molecule has 4 heteroatoms. The van der Waals surface area contributed by atoms with Crippen LogP contribution in [-0.4, -0.2) is 17.4 Å². The number of terminal acetylenes is 1. The Balaban J connectivity index is 2.23. The van der Waals surface area contributed by atoms with Gasteiger partial charge >= 0.3 is 0 Å². The zero-order valence-corrected chi connectivity index (χ0v) is 11.1. The number of benzene rings is 1. The van der Waals surface area contributed by atoms with Crippen LogP contribution in [0.4, 0.5) is 0 Å². The van der Waals surface area contributed by atoms with E-state index in [4.69, 9.17) is 18.0 Å². The van der Waals surface area contributed by atoms with Crippen LogP contribution in [0.15, 0.2) is 30.5 Å². The number of aromatic nitrogens is 1. The fourth-order valence-corrected chi connectivity index (χ4v) is 2.04. The topological polar surface area (TPSA) is 42.0 Å². The average Bonchev–Trinajstić information content (AvgIpc) is 2.44. The molecule has 3 nitrogen and oxygen atoms in total. The van der Waals surface area contributed by atoms with Crippen LogP contribution < -0.4 is 5.32 Å². The lowest BCUT2D eigenvalue weighted by molar-refractivity contribution is 0.0954. The lowest BCUT2D eigenvalue weighted by Gasteiger charge is -2.08. The maximum absolute atomic E-state index is 12.1. The molecule has 1 N–H and O–H groups in total. The van der Waals surface area contributed by atoms with Gasteiger partial charge in [-0.25, -0.2) is 4.98 Å². The fraction of sp³-hybridized carbons (Fsp3) is 0.200. The summed E-state index contributed by atoms with van der Waals surface area (Å²) in [4.78, 5) is 16.1. The van der Waals surface area contributed by atoms with E-state index in [1.165, 1.54) is 6.20 Å². The molecule has 0 aliphatic carbocycles. The number of amides is 1. The molecule has 96 valence electrons. The van der Waals surface area contributed by atoms with Crippen molar-refractivity contribution in [2.24, 2.45) is 0 Å². The molecule has 0 spiro atoms. The molecule has 2 rings (SSSR count). The Kier molecular flexibility index (Phi) is 4.38. The van der Waals surface area contributed by atoms with Gasteiger partial charge in [0.05, 0.1) is 5.56 Å². The lowest BCUT2D eigenvalue weighted by Crippen LogP contribution is -2.24. The molecule has 2 aromatic rings. The van der Waals surface area contributed by atoms with E-state index in [1.54, 1.807) is 0 Å². The van der Waals surface area contributed by atoms with Gasteiger partial charge in [0, 0.05) is 24.5 Å². The first kappa shape index (κ1) is 13.4. The summed E-state index contributed by atoms with van der Waals surface area (Å²) in [5, 5.41) is 4.81. The van der Waals surface area contributed by atoms with E-state index in [0.717, 1.165) is 17.2 Å². The summed E-state index contributed by atoms with van der Waals surface area (Å²) >= 11 is 6.01. The lowest BCUT2D eigenvalue weighted by atomic mass is 10.1. The predicted octanol–water partition coefficient (Wildman–Crippen LogP) is 3.03. The van der Waals surface area contributed by atoms with Crippen LogP contribution in [0.1, 0.15) is 23.2 Å². The summed E-state index contributed by atoms with van der Waals surface area (Å²) in [6, 6.07) is 7.44. The second-order valence-electron chi connectivity index (χ2n) is 4.07. The summed E-state index contributed by atoms with van der Waals surface area (Å²) in [5.74, 6) is 2.38. The normalized spacial score (nSPS) is 10.1. The molecule has 0 saturated heterocycles. The van der Waals surface area contributed by atoms with Gasteiger partial charge in [-0.3, -0.25) is 4.79 Å². The highest BCUT2D eigenvalue weighted by molar-refractivity contribution is 6.34. The maximum atomic E-state index is 12.1. The van der Waals surface area contributed by atoms with Crippen molar-refractivity contribution in [3.63, 3.8) is 0 Å². The van der Waals surface area contributed by atoms with Crippen molar-refractivity contribution in [2.45, 2.75) is 12.8 Å². The summed E-state index contributed by atoms with van der Waals surface area (Å²) in [6.45, 7) is 0.556. The summed E-state index contributed by atoms with van der Waals surface area (Å²) < 4.78 is 0. The van der Waals surface area contributed by atoms with Crippen LogP contribution in [0.5, 0.6) is 0 Å². The van der Waals surface area contributed by atoms with Gasteiger partial charge in [-0.1, -0.05) is 35.9 Å². The minimum atomic E-state index is -0.155. The molecule has 0 aliphatic rings. The number of unbranched alkanes of at least 4 members (excludes halogenated alkanes) is 1. The number of hydrogen-bond acceptors (Lipinski definition) is 2. The van der Waals surface area contributed by atoms with Gasteiger partial charge in [-0.15, -0.1) is 12.3 Å².